The molecule has 0 bridgehead atoms. The number of halogens is 3. The van der Waals surface area contributed by atoms with Crippen molar-refractivity contribution in [3.05, 3.63) is 34.6 Å². The summed E-state index contributed by atoms with van der Waals surface area (Å²) in [7, 11) is 0. The lowest BCUT2D eigenvalue weighted by atomic mass is 9.88. The fourth-order valence-electron chi connectivity index (χ4n) is 1.67. The van der Waals surface area contributed by atoms with E-state index in [0.29, 0.717) is 19.5 Å². The standard InChI is InChI=1S/C10H13Cl2FN2.C2H6/c1-6(11)9(12)8(7(2)13)10(14)3-4-15-5-10;1-2/h15H,1-5,14H2;1-2H3/b9-8-;. The number of rotatable bonds is 3. The summed E-state index contributed by atoms with van der Waals surface area (Å²) >= 11 is 11.5. The van der Waals surface area contributed by atoms with Gasteiger partial charge in [0.15, 0.2) is 0 Å². The molecule has 1 saturated heterocycles. The largest absolute Gasteiger partial charge is 0.320 e. The molecule has 1 atom stereocenters. The molecule has 0 aromatic rings. The first-order valence-electron chi connectivity index (χ1n) is 5.48. The number of hydrogen-bond donors (Lipinski definition) is 2. The lowest BCUT2D eigenvalue weighted by Gasteiger charge is -2.26. The zero-order chi connectivity index (χ0) is 13.6. The molecule has 0 aromatic carbocycles. The van der Waals surface area contributed by atoms with E-state index in [2.05, 4.69) is 18.5 Å². The molecule has 3 N–H and O–H groups in total. The van der Waals surface area contributed by atoms with Gasteiger partial charge in [0.25, 0.3) is 0 Å². The first-order valence-corrected chi connectivity index (χ1v) is 6.23. The first kappa shape index (κ1) is 16.6. The maximum Gasteiger partial charge on any atom is 0.122 e. The molecule has 0 radical (unpaired) electrons. The van der Waals surface area contributed by atoms with Crippen LogP contribution in [0.2, 0.25) is 0 Å². The predicted molar refractivity (Wildman–Crippen MR) is 73.9 cm³/mol. The van der Waals surface area contributed by atoms with Crippen molar-refractivity contribution in [3.8, 4) is 0 Å². The summed E-state index contributed by atoms with van der Waals surface area (Å²) in [4.78, 5) is 0. The van der Waals surface area contributed by atoms with Crippen LogP contribution in [0.15, 0.2) is 34.6 Å². The van der Waals surface area contributed by atoms with E-state index in [0.717, 1.165) is 0 Å². The highest BCUT2D eigenvalue weighted by Gasteiger charge is 2.37. The minimum atomic E-state index is -0.846. The van der Waals surface area contributed by atoms with Gasteiger partial charge in [0.05, 0.1) is 15.6 Å². The molecule has 0 amide bonds. The van der Waals surface area contributed by atoms with Gasteiger partial charge in [0.1, 0.15) is 5.83 Å². The Hall–Kier alpha value is -0.350. The molecular formula is C12H19Cl2FN2. The Bertz CT molecular complexity index is 331. The molecule has 1 unspecified atom stereocenters. The highest BCUT2D eigenvalue weighted by molar-refractivity contribution is 6.44. The molecule has 0 aromatic heterocycles. The van der Waals surface area contributed by atoms with Gasteiger partial charge in [-0.3, -0.25) is 0 Å². The van der Waals surface area contributed by atoms with Gasteiger partial charge in [0.2, 0.25) is 0 Å². The average molecular weight is 281 g/mol. The van der Waals surface area contributed by atoms with Crippen molar-refractivity contribution in [1.29, 1.82) is 0 Å². The van der Waals surface area contributed by atoms with Crippen LogP contribution in [0.5, 0.6) is 0 Å². The third kappa shape index (κ3) is 4.11. The summed E-state index contributed by atoms with van der Waals surface area (Å²) in [5.74, 6) is -0.659. The number of nitrogens with one attached hydrogen (secondary N) is 1. The minimum Gasteiger partial charge on any atom is -0.320 e. The summed E-state index contributed by atoms with van der Waals surface area (Å²) < 4.78 is 13.3. The minimum absolute atomic E-state index is 0.0513. The highest BCUT2D eigenvalue weighted by atomic mass is 35.5. The van der Waals surface area contributed by atoms with Crippen molar-refractivity contribution in [2.24, 2.45) is 5.73 Å². The Morgan fingerprint density at radius 1 is 1.35 bits per heavy atom. The normalized spacial score (nSPS) is 24.6. The van der Waals surface area contributed by atoms with E-state index < -0.39 is 11.4 Å². The van der Waals surface area contributed by atoms with Crippen molar-refractivity contribution in [1.82, 2.24) is 5.32 Å². The van der Waals surface area contributed by atoms with Gasteiger partial charge in [-0.2, -0.15) is 0 Å². The number of nitrogens with two attached hydrogens (primary N) is 1. The topological polar surface area (TPSA) is 38.0 Å². The fraction of sp³-hybridized carbons (Fsp3) is 0.500. The van der Waals surface area contributed by atoms with Crippen LogP contribution >= 0.6 is 23.2 Å². The lowest BCUT2D eigenvalue weighted by molar-refractivity contribution is 0.513. The van der Waals surface area contributed by atoms with Crippen LogP contribution < -0.4 is 11.1 Å². The van der Waals surface area contributed by atoms with E-state index in [-0.39, 0.29) is 15.6 Å². The summed E-state index contributed by atoms with van der Waals surface area (Å²) in [6, 6.07) is 0. The van der Waals surface area contributed by atoms with Gasteiger partial charge in [-0.05, 0) is 13.0 Å². The Morgan fingerprint density at radius 3 is 2.18 bits per heavy atom. The van der Waals surface area contributed by atoms with E-state index in [1.807, 2.05) is 13.8 Å². The second-order valence-electron chi connectivity index (χ2n) is 3.58. The van der Waals surface area contributed by atoms with Gasteiger partial charge in [-0.15, -0.1) is 0 Å². The molecule has 0 saturated carbocycles. The van der Waals surface area contributed by atoms with Crippen molar-refractivity contribution < 1.29 is 4.39 Å². The fourth-order valence-corrected chi connectivity index (χ4v) is 2.05. The second-order valence-corrected chi connectivity index (χ2v) is 4.42. The van der Waals surface area contributed by atoms with Crippen molar-refractivity contribution in [2.75, 3.05) is 13.1 Å². The maximum absolute atomic E-state index is 13.3. The molecule has 1 heterocycles. The molecule has 5 heteroatoms. The molecule has 1 fully saturated rings. The molecule has 98 valence electrons. The monoisotopic (exact) mass is 280 g/mol. The Labute approximate surface area is 112 Å². The van der Waals surface area contributed by atoms with E-state index in [1.54, 1.807) is 0 Å². The zero-order valence-corrected chi connectivity index (χ0v) is 11.8. The number of hydrogen-bond acceptors (Lipinski definition) is 2. The van der Waals surface area contributed by atoms with Gasteiger partial charge in [0, 0.05) is 12.1 Å². The second kappa shape index (κ2) is 7.17. The molecular weight excluding hydrogens is 262 g/mol. The van der Waals surface area contributed by atoms with Gasteiger partial charge < -0.3 is 11.1 Å². The van der Waals surface area contributed by atoms with Crippen LogP contribution in [0, 0.1) is 0 Å². The van der Waals surface area contributed by atoms with Gasteiger partial charge >= 0.3 is 0 Å². The van der Waals surface area contributed by atoms with Gasteiger partial charge in [-0.1, -0.05) is 50.2 Å². The van der Waals surface area contributed by atoms with Crippen LogP contribution in [0.25, 0.3) is 0 Å². The van der Waals surface area contributed by atoms with Crippen molar-refractivity contribution in [2.45, 2.75) is 25.8 Å². The molecule has 2 nitrogen and oxygen atoms in total. The summed E-state index contributed by atoms with van der Waals surface area (Å²) in [5.41, 5.74) is 5.34. The van der Waals surface area contributed by atoms with Crippen LogP contribution in [0.4, 0.5) is 4.39 Å². The molecule has 17 heavy (non-hydrogen) atoms. The van der Waals surface area contributed by atoms with Crippen LogP contribution in [-0.2, 0) is 0 Å². The lowest BCUT2D eigenvalue weighted by Crippen LogP contribution is -2.44. The molecule has 1 aliphatic heterocycles. The third-order valence-corrected chi connectivity index (χ3v) is 3.12. The SMILES string of the molecule is C=C(Cl)/C(Cl)=C(\C(=C)F)C1(N)CCNC1.CC. The maximum atomic E-state index is 13.3. The van der Waals surface area contributed by atoms with E-state index >= 15 is 0 Å². The average Bonchev–Trinajstić information content (AvgIpc) is 2.68. The molecule has 0 spiro atoms. The van der Waals surface area contributed by atoms with Crippen molar-refractivity contribution in [3.63, 3.8) is 0 Å². The first-order chi connectivity index (χ1) is 7.88. The smallest absolute Gasteiger partial charge is 0.122 e. The van der Waals surface area contributed by atoms with Crippen LogP contribution in [-0.4, -0.2) is 18.6 Å². The Balaban J connectivity index is 0.00000121. The van der Waals surface area contributed by atoms with E-state index in [4.69, 9.17) is 28.9 Å². The van der Waals surface area contributed by atoms with Gasteiger partial charge in [-0.25, -0.2) is 4.39 Å². The summed E-state index contributed by atoms with van der Waals surface area (Å²) in [5, 5.41) is 3.17. The Morgan fingerprint density at radius 2 is 1.88 bits per heavy atom. The highest BCUT2D eigenvalue weighted by Crippen LogP contribution is 2.35. The molecule has 1 aliphatic rings. The van der Waals surface area contributed by atoms with E-state index in [1.165, 1.54) is 0 Å². The quantitative estimate of drug-likeness (QED) is 0.778. The van der Waals surface area contributed by atoms with Crippen LogP contribution in [0.3, 0.4) is 0 Å². The molecule has 0 aliphatic carbocycles. The Kier molecular flexibility index (Phi) is 7.02. The van der Waals surface area contributed by atoms with Crippen LogP contribution in [0.1, 0.15) is 20.3 Å². The summed E-state index contributed by atoms with van der Waals surface area (Å²) in [6.45, 7) is 11.8. The van der Waals surface area contributed by atoms with Crippen molar-refractivity contribution >= 4 is 23.2 Å². The number of allylic oxidation sites excluding steroid dienone is 2. The predicted octanol–water partition coefficient (Wildman–Crippen LogP) is 3.43. The third-order valence-electron chi connectivity index (χ3n) is 2.42. The van der Waals surface area contributed by atoms with E-state index in [9.17, 15) is 4.39 Å². The molecule has 1 rings (SSSR count). The zero-order valence-electron chi connectivity index (χ0n) is 10.2. The summed E-state index contributed by atoms with van der Waals surface area (Å²) in [6.07, 6.45) is 0.589.